The lowest BCUT2D eigenvalue weighted by Gasteiger charge is -2.25. The number of amides is 1. The molecule has 3 aromatic carbocycles. The number of nitriles is 1. The number of ketones is 1. The van der Waals surface area contributed by atoms with Crippen molar-refractivity contribution in [1.29, 1.82) is 5.26 Å². The first kappa shape index (κ1) is 21.0. The zero-order valence-electron chi connectivity index (χ0n) is 18.1. The Bertz CT molecular complexity index is 1490. The monoisotopic (exact) mass is 449 g/mol. The van der Waals surface area contributed by atoms with Gasteiger partial charge in [-0.25, -0.2) is 0 Å². The van der Waals surface area contributed by atoms with Crippen molar-refractivity contribution in [3.63, 3.8) is 0 Å². The zero-order chi connectivity index (χ0) is 23.8. The maximum Gasteiger partial charge on any atom is 0.300 e. The third-order valence-electron chi connectivity index (χ3n) is 5.99. The summed E-state index contributed by atoms with van der Waals surface area (Å²) in [5, 5.41) is 21.2. The number of nitrogens with one attached hydrogen (secondary N) is 1. The highest BCUT2D eigenvalue weighted by Crippen LogP contribution is 2.43. The van der Waals surface area contributed by atoms with Crippen molar-refractivity contribution in [2.45, 2.75) is 6.04 Å². The summed E-state index contributed by atoms with van der Waals surface area (Å²) in [7, 11) is 1.55. The van der Waals surface area contributed by atoms with Gasteiger partial charge in [0.25, 0.3) is 11.7 Å². The van der Waals surface area contributed by atoms with Gasteiger partial charge in [0.2, 0.25) is 0 Å². The molecular formula is C27H19N3O4. The van der Waals surface area contributed by atoms with E-state index in [4.69, 9.17) is 10.00 Å². The molecule has 1 aromatic heterocycles. The summed E-state index contributed by atoms with van der Waals surface area (Å²) < 4.78 is 5.25. The number of hydrogen-bond donors (Lipinski definition) is 2. The highest BCUT2D eigenvalue weighted by Gasteiger charge is 2.47. The van der Waals surface area contributed by atoms with Crippen LogP contribution in [-0.4, -0.2) is 28.9 Å². The number of Topliss-reactive ketones (excluding diaryl/α,β-unsaturated/α-hetero) is 1. The van der Waals surface area contributed by atoms with Crippen molar-refractivity contribution < 1.29 is 19.4 Å². The van der Waals surface area contributed by atoms with Crippen LogP contribution in [0.25, 0.3) is 16.7 Å². The smallest absolute Gasteiger partial charge is 0.300 e. The van der Waals surface area contributed by atoms with Crippen LogP contribution >= 0.6 is 0 Å². The zero-order valence-corrected chi connectivity index (χ0v) is 18.1. The minimum atomic E-state index is -0.868. The molecule has 0 aliphatic carbocycles. The van der Waals surface area contributed by atoms with E-state index >= 15 is 0 Å². The first-order valence-electron chi connectivity index (χ1n) is 10.5. The van der Waals surface area contributed by atoms with Gasteiger partial charge in [-0.3, -0.25) is 14.5 Å². The lowest BCUT2D eigenvalue weighted by molar-refractivity contribution is -0.132. The van der Waals surface area contributed by atoms with E-state index in [1.807, 2.05) is 30.3 Å². The Morgan fingerprint density at radius 2 is 1.74 bits per heavy atom. The van der Waals surface area contributed by atoms with Gasteiger partial charge in [-0.2, -0.15) is 5.26 Å². The summed E-state index contributed by atoms with van der Waals surface area (Å²) in [6.45, 7) is 0. The van der Waals surface area contributed by atoms with E-state index in [-0.39, 0.29) is 11.3 Å². The first-order chi connectivity index (χ1) is 16.5. The lowest BCUT2D eigenvalue weighted by atomic mass is 9.95. The predicted octanol–water partition coefficient (Wildman–Crippen LogP) is 4.67. The summed E-state index contributed by atoms with van der Waals surface area (Å²) >= 11 is 0. The molecule has 1 unspecified atom stereocenters. The summed E-state index contributed by atoms with van der Waals surface area (Å²) in [5.74, 6) is -1.18. The standard InChI is InChI=1S/C27H19N3O4/c1-34-19-12-8-17(9-13-19)24-23(25(31)21-15-29-22-5-3-2-4-20(21)22)26(32)27(33)30(24)18-10-6-16(14-28)7-11-18/h2-13,15,24,29,31H,1H3/b25-23-. The van der Waals surface area contributed by atoms with Crippen molar-refractivity contribution in [2.24, 2.45) is 0 Å². The summed E-state index contributed by atoms with van der Waals surface area (Å²) in [4.78, 5) is 31.0. The minimum Gasteiger partial charge on any atom is -0.507 e. The fraction of sp³-hybridized carbons (Fsp3) is 0.0741. The Labute approximate surface area is 195 Å². The Hall–Kier alpha value is -4.83. The molecule has 7 heteroatoms. The van der Waals surface area contributed by atoms with Crippen molar-refractivity contribution in [2.75, 3.05) is 12.0 Å². The fourth-order valence-corrected chi connectivity index (χ4v) is 4.31. The number of para-hydroxylation sites is 1. The molecule has 4 aromatic rings. The molecule has 0 saturated carbocycles. The molecular weight excluding hydrogens is 430 g/mol. The van der Waals surface area contributed by atoms with Crippen LogP contribution in [0.15, 0.2) is 84.6 Å². The van der Waals surface area contributed by atoms with Crippen LogP contribution in [0.5, 0.6) is 5.75 Å². The summed E-state index contributed by atoms with van der Waals surface area (Å²) in [5.41, 5.74) is 2.73. The second-order valence-corrected chi connectivity index (χ2v) is 7.85. The normalized spacial score (nSPS) is 17.2. The van der Waals surface area contributed by atoms with Gasteiger partial charge in [-0.1, -0.05) is 30.3 Å². The number of aliphatic hydroxyl groups is 1. The molecule has 2 heterocycles. The highest BCUT2D eigenvalue weighted by atomic mass is 16.5. The van der Waals surface area contributed by atoms with E-state index < -0.39 is 17.7 Å². The molecule has 0 spiro atoms. The van der Waals surface area contributed by atoms with E-state index in [2.05, 4.69) is 4.98 Å². The maximum atomic E-state index is 13.3. The molecule has 34 heavy (non-hydrogen) atoms. The van der Waals surface area contributed by atoms with Gasteiger partial charge >= 0.3 is 0 Å². The minimum absolute atomic E-state index is 0.00993. The number of rotatable bonds is 4. The van der Waals surface area contributed by atoms with Gasteiger partial charge in [0.15, 0.2) is 0 Å². The van der Waals surface area contributed by atoms with Gasteiger partial charge < -0.3 is 14.8 Å². The molecule has 2 N–H and O–H groups in total. The van der Waals surface area contributed by atoms with Crippen molar-refractivity contribution in [1.82, 2.24) is 4.98 Å². The van der Waals surface area contributed by atoms with Gasteiger partial charge in [-0.05, 0) is 48.0 Å². The number of H-pyrrole nitrogens is 1. The molecule has 7 nitrogen and oxygen atoms in total. The predicted molar refractivity (Wildman–Crippen MR) is 127 cm³/mol. The number of aliphatic hydroxyl groups excluding tert-OH is 1. The second kappa shape index (κ2) is 8.26. The van der Waals surface area contributed by atoms with Crippen LogP contribution in [0, 0.1) is 11.3 Å². The van der Waals surface area contributed by atoms with Crippen molar-refractivity contribution in [3.05, 3.63) is 101 Å². The molecule has 1 fully saturated rings. The quantitative estimate of drug-likeness (QED) is 0.267. The third kappa shape index (κ3) is 3.29. The van der Waals surface area contributed by atoms with Crippen LogP contribution in [0.1, 0.15) is 22.7 Å². The molecule has 0 radical (unpaired) electrons. The number of nitrogens with zero attached hydrogens (tertiary/aromatic N) is 2. The molecule has 5 rings (SSSR count). The Morgan fingerprint density at radius 1 is 1.03 bits per heavy atom. The molecule has 1 atom stereocenters. The van der Waals surface area contributed by atoms with Crippen LogP contribution in [0.3, 0.4) is 0 Å². The lowest BCUT2D eigenvalue weighted by Crippen LogP contribution is -2.29. The SMILES string of the molecule is COc1ccc(C2/C(=C(/O)c3c[nH]c4ccccc34)C(=O)C(=O)N2c2ccc(C#N)cc2)cc1. The van der Waals surface area contributed by atoms with Gasteiger partial charge in [-0.15, -0.1) is 0 Å². The number of fused-ring (bicyclic) bond motifs is 1. The largest absolute Gasteiger partial charge is 0.507 e. The third-order valence-corrected chi connectivity index (χ3v) is 5.99. The van der Waals surface area contributed by atoms with Gasteiger partial charge in [0.05, 0.1) is 30.4 Å². The number of carbonyl (C=O) groups is 2. The average Bonchev–Trinajstić information content (AvgIpc) is 3.43. The first-order valence-corrected chi connectivity index (χ1v) is 10.5. The second-order valence-electron chi connectivity index (χ2n) is 7.85. The molecule has 166 valence electrons. The molecule has 1 aliphatic rings. The number of hydrogen-bond acceptors (Lipinski definition) is 5. The van der Waals surface area contributed by atoms with E-state index in [0.717, 1.165) is 10.9 Å². The van der Waals surface area contributed by atoms with Crippen LogP contribution < -0.4 is 9.64 Å². The van der Waals surface area contributed by atoms with Crippen molar-refractivity contribution >= 4 is 34.0 Å². The highest BCUT2D eigenvalue weighted by molar-refractivity contribution is 6.51. The van der Waals surface area contributed by atoms with Crippen LogP contribution in [0.4, 0.5) is 5.69 Å². The summed E-state index contributed by atoms with van der Waals surface area (Å²) in [6, 6.07) is 22.0. The number of anilines is 1. The molecule has 1 aliphatic heterocycles. The van der Waals surface area contributed by atoms with E-state index in [0.29, 0.717) is 28.1 Å². The fourth-order valence-electron chi connectivity index (χ4n) is 4.31. The van der Waals surface area contributed by atoms with E-state index in [1.54, 1.807) is 61.8 Å². The molecule has 0 bridgehead atoms. The molecule has 1 saturated heterocycles. The number of methoxy groups -OCH3 is 1. The topological polar surface area (TPSA) is 106 Å². The Kier molecular flexibility index (Phi) is 5.11. The number of aromatic nitrogens is 1. The van der Waals surface area contributed by atoms with Crippen LogP contribution in [0.2, 0.25) is 0 Å². The van der Waals surface area contributed by atoms with E-state index in [9.17, 15) is 14.7 Å². The van der Waals surface area contributed by atoms with Crippen molar-refractivity contribution in [3.8, 4) is 11.8 Å². The number of benzene rings is 3. The van der Waals surface area contributed by atoms with Crippen LogP contribution in [-0.2, 0) is 9.59 Å². The Balaban J connectivity index is 1.73. The van der Waals surface area contributed by atoms with Gasteiger partial charge in [0.1, 0.15) is 11.5 Å². The van der Waals surface area contributed by atoms with E-state index in [1.165, 1.54) is 4.90 Å². The molecule has 1 amide bonds. The maximum absolute atomic E-state index is 13.3. The average molecular weight is 449 g/mol. The Morgan fingerprint density at radius 3 is 2.41 bits per heavy atom. The number of carbonyl (C=O) groups excluding carboxylic acids is 2. The number of aromatic amines is 1. The summed E-state index contributed by atoms with van der Waals surface area (Å²) in [6.07, 6.45) is 1.63. The van der Waals surface area contributed by atoms with Gasteiger partial charge in [0, 0.05) is 28.4 Å². The number of ether oxygens (including phenoxy) is 1.